The second-order valence-electron chi connectivity index (χ2n) is 4.83. The zero-order chi connectivity index (χ0) is 14.3. The minimum Gasteiger partial charge on any atom is -0.409 e. The number of pyridine rings is 1. The first kappa shape index (κ1) is 13.3. The number of aromatic amines is 1. The maximum Gasteiger partial charge on any atom is 0.284 e. The van der Waals surface area contributed by atoms with Crippen LogP contribution in [-0.4, -0.2) is 15.2 Å². The van der Waals surface area contributed by atoms with Crippen molar-refractivity contribution in [1.29, 1.82) is 0 Å². The molecule has 3 rings (SSSR count). The summed E-state index contributed by atoms with van der Waals surface area (Å²) in [5.41, 5.74) is 2.67. The van der Waals surface area contributed by atoms with Gasteiger partial charge in [0.15, 0.2) is 0 Å². The van der Waals surface area contributed by atoms with Gasteiger partial charge in [-0.2, -0.15) is 0 Å². The second-order valence-corrected chi connectivity index (χ2v) is 5.64. The summed E-state index contributed by atoms with van der Waals surface area (Å²) in [6, 6.07) is 7.55. The smallest absolute Gasteiger partial charge is 0.284 e. The number of nitrogens with one attached hydrogen (secondary N) is 1. The number of hydrogen-bond donors (Lipinski definition) is 1. The van der Waals surface area contributed by atoms with Crippen molar-refractivity contribution in [2.75, 3.05) is 0 Å². The molecule has 3 aromatic rings. The number of rotatable bonds is 2. The fourth-order valence-electron chi connectivity index (χ4n) is 2.04. The van der Waals surface area contributed by atoms with E-state index < -0.39 is 0 Å². The van der Waals surface area contributed by atoms with Crippen LogP contribution in [0.3, 0.4) is 0 Å². The van der Waals surface area contributed by atoms with Crippen LogP contribution in [0.25, 0.3) is 22.4 Å². The molecule has 6 heteroatoms. The van der Waals surface area contributed by atoms with Gasteiger partial charge in [0.2, 0.25) is 5.89 Å². The molecule has 20 heavy (non-hydrogen) atoms. The Bertz CT molecular complexity index is 838. The predicted octanol–water partition coefficient (Wildman–Crippen LogP) is 4.72. The average Bonchev–Trinajstić information content (AvgIpc) is 2.84. The van der Waals surface area contributed by atoms with Crippen molar-refractivity contribution < 1.29 is 4.42 Å². The molecule has 0 fully saturated rings. The molecule has 0 aliphatic heterocycles. The van der Waals surface area contributed by atoms with Crippen LogP contribution >= 0.6 is 23.8 Å². The van der Waals surface area contributed by atoms with Crippen molar-refractivity contribution in [3.8, 4) is 11.5 Å². The summed E-state index contributed by atoms with van der Waals surface area (Å²) in [5, 5.41) is 8.28. The highest BCUT2D eigenvalue weighted by Gasteiger charge is 2.14. The Balaban J connectivity index is 2.37. The molecular formula is C14H12ClN3OS. The summed E-state index contributed by atoms with van der Waals surface area (Å²) in [6.07, 6.45) is 0. The van der Waals surface area contributed by atoms with Gasteiger partial charge in [0.05, 0.1) is 11.1 Å². The normalized spacial score (nSPS) is 11.4. The molecule has 1 N–H and O–H groups in total. The van der Waals surface area contributed by atoms with Gasteiger partial charge in [0.1, 0.15) is 0 Å². The van der Waals surface area contributed by atoms with Gasteiger partial charge in [-0.15, -0.1) is 5.10 Å². The third kappa shape index (κ3) is 2.34. The molecule has 0 aliphatic carbocycles. The molecule has 0 atom stereocenters. The van der Waals surface area contributed by atoms with Crippen LogP contribution in [0.2, 0.25) is 5.02 Å². The topological polar surface area (TPSA) is 54.7 Å². The van der Waals surface area contributed by atoms with E-state index in [4.69, 9.17) is 28.2 Å². The molecule has 0 saturated heterocycles. The maximum absolute atomic E-state index is 6.08. The number of benzene rings is 1. The van der Waals surface area contributed by atoms with Gasteiger partial charge < -0.3 is 4.42 Å². The Hall–Kier alpha value is -1.72. The van der Waals surface area contributed by atoms with Crippen LogP contribution in [0, 0.1) is 4.84 Å². The Kier molecular flexibility index (Phi) is 3.31. The minimum atomic E-state index is 0.248. The lowest BCUT2D eigenvalue weighted by Gasteiger charge is -2.09. The van der Waals surface area contributed by atoms with Gasteiger partial charge in [0.25, 0.3) is 4.84 Å². The maximum atomic E-state index is 6.08. The lowest BCUT2D eigenvalue weighted by atomic mass is 10.0. The first-order valence-electron chi connectivity index (χ1n) is 6.20. The molecule has 2 heterocycles. The lowest BCUT2D eigenvalue weighted by Crippen LogP contribution is -1.95. The van der Waals surface area contributed by atoms with Crippen molar-refractivity contribution in [2.24, 2.45) is 0 Å². The molecular weight excluding hydrogens is 294 g/mol. The van der Waals surface area contributed by atoms with Gasteiger partial charge in [0, 0.05) is 16.1 Å². The highest BCUT2D eigenvalue weighted by Crippen LogP contribution is 2.31. The van der Waals surface area contributed by atoms with E-state index in [-0.39, 0.29) is 4.84 Å². The van der Waals surface area contributed by atoms with E-state index >= 15 is 0 Å². The van der Waals surface area contributed by atoms with E-state index in [1.165, 1.54) is 0 Å². The predicted molar refractivity (Wildman–Crippen MR) is 81.5 cm³/mol. The number of H-pyrrole nitrogens is 1. The molecule has 1 aromatic carbocycles. The van der Waals surface area contributed by atoms with Gasteiger partial charge in [-0.1, -0.05) is 25.4 Å². The summed E-state index contributed by atoms with van der Waals surface area (Å²) >= 11 is 11.0. The van der Waals surface area contributed by atoms with Crippen LogP contribution < -0.4 is 0 Å². The van der Waals surface area contributed by atoms with Crippen LogP contribution in [-0.2, 0) is 0 Å². The van der Waals surface area contributed by atoms with Gasteiger partial charge in [-0.05, 0) is 42.4 Å². The minimum absolute atomic E-state index is 0.248. The number of nitrogens with zero attached hydrogens (tertiary/aromatic N) is 2. The third-order valence-electron chi connectivity index (χ3n) is 3.05. The quantitative estimate of drug-likeness (QED) is 0.696. The van der Waals surface area contributed by atoms with Gasteiger partial charge >= 0.3 is 0 Å². The molecule has 4 nitrogen and oxygen atoms in total. The van der Waals surface area contributed by atoms with E-state index in [0.717, 1.165) is 22.2 Å². The third-order valence-corrected chi connectivity index (χ3v) is 3.46. The van der Waals surface area contributed by atoms with E-state index in [9.17, 15) is 0 Å². The van der Waals surface area contributed by atoms with E-state index in [1.54, 1.807) is 0 Å². The standard InChI is InChI=1S/C14H12ClN3OS/c1-7(2)12-6-10(13-17-18-14(20)19-13)9-5-8(15)3-4-11(9)16-12/h3-7H,1-2H3,(H,18,20). The zero-order valence-electron chi connectivity index (χ0n) is 11.0. The summed E-state index contributed by atoms with van der Waals surface area (Å²) in [5.74, 6) is 0.752. The van der Waals surface area contributed by atoms with E-state index in [1.807, 2.05) is 24.3 Å². The molecule has 0 amide bonds. The van der Waals surface area contributed by atoms with Gasteiger partial charge in [-0.3, -0.25) is 4.98 Å². The van der Waals surface area contributed by atoms with Gasteiger partial charge in [-0.25, -0.2) is 5.10 Å². The van der Waals surface area contributed by atoms with Crippen molar-refractivity contribution in [2.45, 2.75) is 19.8 Å². The summed E-state index contributed by atoms with van der Waals surface area (Å²) in [6.45, 7) is 4.18. The summed E-state index contributed by atoms with van der Waals surface area (Å²) in [7, 11) is 0. The monoisotopic (exact) mass is 305 g/mol. The highest BCUT2D eigenvalue weighted by atomic mass is 35.5. The number of hydrogen-bond acceptors (Lipinski definition) is 4. The molecule has 0 bridgehead atoms. The molecule has 0 saturated carbocycles. The van der Waals surface area contributed by atoms with Crippen LogP contribution in [0.5, 0.6) is 0 Å². The largest absolute Gasteiger partial charge is 0.409 e. The van der Waals surface area contributed by atoms with Crippen molar-refractivity contribution in [1.82, 2.24) is 15.2 Å². The molecule has 0 aliphatic rings. The zero-order valence-corrected chi connectivity index (χ0v) is 12.5. The summed E-state index contributed by atoms with van der Waals surface area (Å²) < 4.78 is 5.43. The fourth-order valence-corrected chi connectivity index (χ4v) is 2.33. The molecule has 0 unspecified atom stereocenters. The number of halogens is 1. The highest BCUT2D eigenvalue weighted by molar-refractivity contribution is 7.71. The molecule has 0 spiro atoms. The second kappa shape index (κ2) is 5.00. The van der Waals surface area contributed by atoms with Crippen LogP contribution in [0.4, 0.5) is 0 Å². The van der Waals surface area contributed by atoms with E-state index in [2.05, 4.69) is 29.0 Å². The SMILES string of the molecule is CC(C)c1cc(-c2n[nH]c(=S)o2)c2cc(Cl)ccc2n1. The number of fused-ring (bicyclic) bond motifs is 1. The average molecular weight is 306 g/mol. The Morgan fingerprint density at radius 2 is 2.10 bits per heavy atom. The van der Waals surface area contributed by atoms with Crippen molar-refractivity contribution >= 4 is 34.7 Å². The van der Waals surface area contributed by atoms with Crippen molar-refractivity contribution in [3.63, 3.8) is 0 Å². The van der Waals surface area contributed by atoms with E-state index in [0.29, 0.717) is 16.8 Å². The Morgan fingerprint density at radius 1 is 1.30 bits per heavy atom. The fraction of sp³-hybridized carbons (Fsp3) is 0.214. The first-order valence-corrected chi connectivity index (χ1v) is 6.99. The lowest BCUT2D eigenvalue weighted by molar-refractivity contribution is 0.552. The Labute approximate surface area is 125 Å². The number of aromatic nitrogens is 3. The Morgan fingerprint density at radius 3 is 2.75 bits per heavy atom. The van der Waals surface area contributed by atoms with Crippen molar-refractivity contribution in [3.05, 3.63) is 39.8 Å². The first-order chi connectivity index (χ1) is 9.54. The van der Waals surface area contributed by atoms with Crippen LogP contribution in [0.15, 0.2) is 28.7 Å². The molecule has 2 aromatic heterocycles. The van der Waals surface area contributed by atoms with Crippen LogP contribution in [0.1, 0.15) is 25.5 Å². The summed E-state index contributed by atoms with van der Waals surface area (Å²) in [4.78, 5) is 4.89. The molecule has 102 valence electrons. The molecule has 0 radical (unpaired) electrons.